The van der Waals surface area contributed by atoms with Crippen molar-refractivity contribution in [1.29, 1.82) is 0 Å². The number of rotatable bonds is 5. The van der Waals surface area contributed by atoms with Crippen LogP contribution in [0.2, 0.25) is 0 Å². The van der Waals surface area contributed by atoms with Crippen LogP contribution in [0.15, 0.2) is 30.3 Å². The minimum absolute atomic E-state index is 0.0393. The fourth-order valence-corrected chi connectivity index (χ4v) is 3.40. The molecular weight excluding hydrogens is 222 g/mol. The minimum atomic E-state index is -3.12. The Labute approximate surface area is 96.9 Å². The van der Waals surface area contributed by atoms with Crippen LogP contribution in [0.4, 0.5) is 0 Å². The Morgan fingerprint density at radius 1 is 1.31 bits per heavy atom. The highest BCUT2D eigenvalue weighted by Crippen LogP contribution is 2.22. The van der Waals surface area contributed by atoms with Crippen molar-refractivity contribution in [3.05, 3.63) is 35.9 Å². The first-order chi connectivity index (χ1) is 7.57. The topological polar surface area (TPSA) is 46.2 Å². The van der Waals surface area contributed by atoms with Gasteiger partial charge in [0.2, 0.25) is 10.0 Å². The number of sulfonamides is 1. The summed E-state index contributed by atoms with van der Waals surface area (Å²) in [5.74, 6) is 0.213. The van der Waals surface area contributed by atoms with Crippen LogP contribution in [0.3, 0.4) is 0 Å². The largest absolute Gasteiger partial charge is 0.212 e. The molecule has 1 aromatic carbocycles. The lowest BCUT2D eigenvalue weighted by Crippen LogP contribution is -2.30. The molecule has 1 atom stereocenters. The molecule has 1 fully saturated rings. The molecule has 2 rings (SSSR count). The lowest BCUT2D eigenvalue weighted by atomic mass is 10.0. The first-order valence-electron chi connectivity index (χ1n) is 5.62. The van der Waals surface area contributed by atoms with Crippen molar-refractivity contribution in [2.45, 2.75) is 31.7 Å². The van der Waals surface area contributed by atoms with Crippen molar-refractivity contribution in [2.75, 3.05) is 5.75 Å². The van der Waals surface area contributed by atoms with Gasteiger partial charge in [-0.3, -0.25) is 0 Å². The van der Waals surface area contributed by atoms with E-state index >= 15 is 0 Å². The summed E-state index contributed by atoms with van der Waals surface area (Å²) in [6, 6.07) is 9.95. The molecule has 0 radical (unpaired) electrons. The summed E-state index contributed by atoms with van der Waals surface area (Å²) in [6.45, 7) is 1.95. The van der Waals surface area contributed by atoms with Crippen LogP contribution in [0.5, 0.6) is 0 Å². The quantitative estimate of drug-likeness (QED) is 0.852. The van der Waals surface area contributed by atoms with Gasteiger partial charge in [-0.05, 0) is 24.3 Å². The van der Waals surface area contributed by atoms with Gasteiger partial charge in [0.25, 0.3) is 0 Å². The highest BCUT2D eigenvalue weighted by atomic mass is 32.2. The Bertz CT molecular complexity index is 437. The van der Waals surface area contributed by atoms with Gasteiger partial charge in [0, 0.05) is 6.04 Å². The molecule has 0 saturated heterocycles. The second kappa shape index (κ2) is 4.55. The molecule has 0 amide bonds. The summed E-state index contributed by atoms with van der Waals surface area (Å²) >= 11 is 0. The summed E-state index contributed by atoms with van der Waals surface area (Å²) in [6.07, 6.45) is 1.97. The van der Waals surface area contributed by atoms with Crippen molar-refractivity contribution < 1.29 is 8.42 Å². The van der Waals surface area contributed by atoms with Crippen molar-refractivity contribution in [3.63, 3.8) is 0 Å². The maximum Gasteiger partial charge on any atom is 0.212 e. The molecule has 1 unspecified atom stereocenters. The molecule has 0 heterocycles. The Balaban J connectivity index is 1.98. The number of hydrogen-bond donors (Lipinski definition) is 1. The second-order valence-electron chi connectivity index (χ2n) is 4.49. The molecule has 1 aliphatic carbocycles. The van der Waals surface area contributed by atoms with E-state index in [1.165, 1.54) is 0 Å². The SMILES string of the molecule is CC(CS(=O)(=O)NC1CC1)c1ccccc1. The number of nitrogens with one attached hydrogen (secondary N) is 1. The molecule has 1 N–H and O–H groups in total. The monoisotopic (exact) mass is 239 g/mol. The predicted molar refractivity (Wildman–Crippen MR) is 64.8 cm³/mol. The van der Waals surface area contributed by atoms with E-state index in [0.29, 0.717) is 0 Å². The molecule has 0 aromatic heterocycles. The minimum Gasteiger partial charge on any atom is -0.212 e. The van der Waals surface area contributed by atoms with Crippen LogP contribution in [-0.4, -0.2) is 20.2 Å². The Morgan fingerprint density at radius 2 is 1.94 bits per heavy atom. The molecule has 0 spiro atoms. The van der Waals surface area contributed by atoms with Gasteiger partial charge in [0.1, 0.15) is 0 Å². The fourth-order valence-electron chi connectivity index (χ4n) is 1.71. The molecule has 0 bridgehead atoms. The molecule has 1 aliphatic rings. The van der Waals surface area contributed by atoms with E-state index in [0.717, 1.165) is 18.4 Å². The Morgan fingerprint density at radius 3 is 2.50 bits per heavy atom. The molecule has 0 aliphatic heterocycles. The van der Waals surface area contributed by atoms with Gasteiger partial charge in [-0.25, -0.2) is 13.1 Å². The maximum absolute atomic E-state index is 11.8. The summed E-state index contributed by atoms with van der Waals surface area (Å²) in [5, 5.41) is 0. The van der Waals surface area contributed by atoms with Crippen LogP contribution in [0, 0.1) is 0 Å². The Hall–Kier alpha value is -0.870. The van der Waals surface area contributed by atoms with Crippen molar-refractivity contribution in [3.8, 4) is 0 Å². The molecule has 88 valence electrons. The van der Waals surface area contributed by atoms with Crippen molar-refractivity contribution in [2.24, 2.45) is 0 Å². The number of benzene rings is 1. The van der Waals surface area contributed by atoms with E-state index in [-0.39, 0.29) is 17.7 Å². The van der Waals surface area contributed by atoms with Crippen LogP contribution >= 0.6 is 0 Å². The third-order valence-electron chi connectivity index (χ3n) is 2.76. The zero-order valence-corrected chi connectivity index (χ0v) is 10.2. The van der Waals surface area contributed by atoms with Gasteiger partial charge in [0.15, 0.2) is 0 Å². The molecule has 1 saturated carbocycles. The van der Waals surface area contributed by atoms with Gasteiger partial charge in [-0.2, -0.15) is 0 Å². The van der Waals surface area contributed by atoms with Crippen molar-refractivity contribution >= 4 is 10.0 Å². The highest BCUT2D eigenvalue weighted by Gasteiger charge is 2.27. The average molecular weight is 239 g/mol. The summed E-state index contributed by atoms with van der Waals surface area (Å²) in [7, 11) is -3.12. The molecule has 4 heteroatoms. The Kier molecular flexibility index (Phi) is 3.30. The zero-order valence-electron chi connectivity index (χ0n) is 9.39. The molecular formula is C12H17NO2S. The molecule has 3 nitrogen and oxygen atoms in total. The average Bonchev–Trinajstić information content (AvgIpc) is 3.01. The van der Waals surface area contributed by atoms with Gasteiger partial charge in [-0.1, -0.05) is 37.3 Å². The normalized spacial score (nSPS) is 18.3. The van der Waals surface area contributed by atoms with Gasteiger partial charge in [-0.15, -0.1) is 0 Å². The van der Waals surface area contributed by atoms with E-state index in [4.69, 9.17) is 0 Å². The van der Waals surface area contributed by atoms with Gasteiger partial charge in [0.05, 0.1) is 5.75 Å². The number of hydrogen-bond acceptors (Lipinski definition) is 2. The lowest BCUT2D eigenvalue weighted by Gasteiger charge is -2.12. The maximum atomic E-state index is 11.8. The molecule has 1 aromatic rings. The van der Waals surface area contributed by atoms with E-state index in [9.17, 15) is 8.42 Å². The van der Waals surface area contributed by atoms with Crippen LogP contribution < -0.4 is 4.72 Å². The predicted octanol–water partition coefficient (Wildman–Crippen LogP) is 1.87. The van der Waals surface area contributed by atoms with E-state index in [2.05, 4.69) is 4.72 Å². The standard InChI is InChI=1S/C12H17NO2S/c1-10(11-5-3-2-4-6-11)9-16(14,15)13-12-7-8-12/h2-6,10,12-13H,7-9H2,1H3. The third kappa shape index (κ3) is 3.32. The smallest absolute Gasteiger partial charge is 0.212 e. The van der Waals surface area contributed by atoms with E-state index in [1.54, 1.807) is 0 Å². The van der Waals surface area contributed by atoms with Gasteiger partial charge >= 0.3 is 0 Å². The van der Waals surface area contributed by atoms with Gasteiger partial charge < -0.3 is 0 Å². The third-order valence-corrected chi connectivity index (χ3v) is 4.39. The second-order valence-corrected chi connectivity index (χ2v) is 6.28. The highest BCUT2D eigenvalue weighted by molar-refractivity contribution is 7.89. The van der Waals surface area contributed by atoms with E-state index < -0.39 is 10.0 Å². The fraction of sp³-hybridized carbons (Fsp3) is 0.500. The van der Waals surface area contributed by atoms with Crippen LogP contribution in [-0.2, 0) is 10.0 Å². The van der Waals surface area contributed by atoms with Crippen LogP contribution in [0.1, 0.15) is 31.2 Å². The molecule has 16 heavy (non-hydrogen) atoms. The summed E-state index contributed by atoms with van der Waals surface area (Å²) in [5.41, 5.74) is 1.07. The summed E-state index contributed by atoms with van der Waals surface area (Å²) in [4.78, 5) is 0. The first-order valence-corrected chi connectivity index (χ1v) is 7.27. The summed E-state index contributed by atoms with van der Waals surface area (Å²) < 4.78 is 26.2. The zero-order chi connectivity index (χ0) is 11.6. The van der Waals surface area contributed by atoms with Crippen molar-refractivity contribution in [1.82, 2.24) is 4.72 Å². The van der Waals surface area contributed by atoms with Crippen LogP contribution in [0.25, 0.3) is 0 Å². The lowest BCUT2D eigenvalue weighted by molar-refractivity contribution is 0.575. The van der Waals surface area contributed by atoms with E-state index in [1.807, 2.05) is 37.3 Å². The first kappa shape index (κ1) is 11.6.